The molecule has 0 atom stereocenters. The maximum Gasteiger partial charge on any atom is 0.222 e. The van der Waals surface area contributed by atoms with Gasteiger partial charge in [-0.15, -0.1) is 0 Å². The van der Waals surface area contributed by atoms with Gasteiger partial charge in [0.1, 0.15) is 5.75 Å². The molecule has 0 saturated carbocycles. The predicted octanol–water partition coefficient (Wildman–Crippen LogP) is 4.03. The van der Waals surface area contributed by atoms with Crippen molar-refractivity contribution in [3.63, 3.8) is 0 Å². The fourth-order valence-corrected chi connectivity index (χ4v) is 2.18. The highest BCUT2D eigenvalue weighted by molar-refractivity contribution is 5.40. The Kier molecular flexibility index (Phi) is 4.74. The van der Waals surface area contributed by atoms with Gasteiger partial charge < -0.3 is 10.1 Å². The Morgan fingerprint density at radius 3 is 2.65 bits per heavy atom. The first-order valence-corrected chi connectivity index (χ1v) is 6.98. The smallest absolute Gasteiger partial charge is 0.222 e. The van der Waals surface area contributed by atoms with Gasteiger partial charge in [-0.25, -0.2) is 4.98 Å². The van der Waals surface area contributed by atoms with E-state index >= 15 is 0 Å². The summed E-state index contributed by atoms with van der Waals surface area (Å²) in [5, 5.41) is 3.12. The standard InChI is InChI=1S/C17H22N2O/c1-12(2)15-7-5-6-8-16(15)20-17-13(3)9-14(10-18-4)11-19-17/h5-9,11-12,18H,10H2,1-4H3. The van der Waals surface area contributed by atoms with Crippen LogP contribution in [0.1, 0.15) is 36.5 Å². The van der Waals surface area contributed by atoms with E-state index in [1.807, 2.05) is 38.4 Å². The van der Waals surface area contributed by atoms with Crippen LogP contribution >= 0.6 is 0 Å². The molecule has 0 aliphatic rings. The molecule has 2 aromatic rings. The number of ether oxygens (including phenoxy) is 1. The second-order valence-corrected chi connectivity index (χ2v) is 5.29. The molecule has 2 rings (SSSR count). The molecule has 20 heavy (non-hydrogen) atoms. The lowest BCUT2D eigenvalue weighted by Crippen LogP contribution is -2.06. The van der Waals surface area contributed by atoms with Crippen molar-refractivity contribution in [2.24, 2.45) is 0 Å². The van der Waals surface area contributed by atoms with Gasteiger partial charge in [-0.1, -0.05) is 32.0 Å². The number of rotatable bonds is 5. The minimum Gasteiger partial charge on any atom is -0.438 e. The Balaban J connectivity index is 2.26. The minimum atomic E-state index is 0.426. The molecule has 0 radical (unpaired) electrons. The van der Waals surface area contributed by atoms with Crippen molar-refractivity contribution < 1.29 is 4.74 Å². The molecule has 1 N–H and O–H groups in total. The van der Waals surface area contributed by atoms with E-state index in [-0.39, 0.29) is 0 Å². The third-order valence-corrected chi connectivity index (χ3v) is 3.22. The summed E-state index contributed by atoms with van der Waals surface area (Å²) < 4.78 is 6.00. The Morgan fingerprint density at radius 1 is 1.25 bits per heavy atom. The molecule has 0 amide bonds. The van der Waals surface area contributed by atoms with E-state index in [0.717, 1.165) is 23.4 Å². The Bertz CT molecular complexity index is 579. The van der Waals surface area contributed by atoms with Gasteiger partial charge in [-0.2, -0.15) is 0 Å². The topological polar surface area (TPSA) is 34.2 Å². The van der Waals surface area contributed by atoms with Gasteiger partial charge in [0.25, 0.3) is 0 Å². The molecule has 3 nitrogen and oxygen atoms in total. The Morgan fingerprint density at radius 2 is 2.00 bits per heavy atom. The molecule has 0 unspecified atom stereocenters. The van der Waals surface area contributed by atoms with E-state index in [0.29, 0.717) is 11.8 Å². The zero-order valence-corrected chi connectivity index (χ0v) is 12.6. The molecular formula is C17H22N2O. The maximum absolute atomic E-state index is 6.00. The number of nitrogens with one attached hydrogen (secondary N) is 1. The molecule has 0 saturated heterocycles. The average molecular weight is 270 g/mol. The molecule has 0 aliphatic heterocycles. The molecule has 106 valence electrons. The lowest BCUT2D eigenvalue weighted by molar-refractivity contribution is 0.450. The number of hydrogen-bond acceptors (Lipinski definition) is 3. The average Bonchev–Trinajstić information content (AvgIpc) is 2.42. The number of hydrogen-bond donors (Lipinski definition) is 1. The fraction of sp³-hybridized carbons (Fsp3) is 0.353. The molecule has 1 heterocycles. The van der Waals surface area contributed by atoms with Crippen molar-refractivity contribution in [2.45, 2.75) is 33.2 Å². The predicted molar refractivity (Wildman–Crippen MR) is 82.3 cm³/mol. The third-order valence-electron chi connectivity index (χ3n) is 3.22. The number of benzene rings is 1. The van der Waals surface area contributed by atoms with Crippen LogP contribution in [0.15, 0.2) is 36.5 Å². The van der Waals surface area contributed by atoms with Crippen molar-refractivity contribution in [3.05, 3.63) is 53.2 Å². The minimum absolute atomic E-state index is 0.426. The van der Waals surface area contributed by atoms with E-state index in [4.69, 9.17) is 4.74 Å². The number of nitrogens with zero attached hydrogens (tertiary/aromatic N) is 1. The van der Waals surface area contributed by atoms with E-state index in [1.54, 1.807) is 0 Å². The first-order valence-electron chi connectivity index (χ1n) is 6.98. The van der Waals surface area contributed by atoms with Crippen LogP contribution in [0, 0.1) is 6.92 Å². The van der Waals surface area contributed by atoms with Gasteiger partial charge in [0.2, 0.25) is 5.88 Å². The summed E-state index contributed by atoms with van der Waals surface area (Å²) in [6, 6.07) is 10.2. The van der Waals surface area contributed by atoms with Crippen LogP contribution < -0.4 is 10.1 Å². The normalized spacial score (nSPS) is 10.8. The zero-order chi connectivity index (χ0) is 14.5. The fourth-order valence-electron chi connectivity index (χ4n) is 2.18. The summed E-state index contributed by atoms with van der Waals surface area (Å²) >= 11 is 0. The summed E-state index contributed by atoms with van der Waals surface area (Å²) in [5.41, 5.74) is 3.42. The second kappa shape index (κ2) is 6.53. The van der Waals surface area contributed by atoms with Crippen LogP contribution in [-0.4, -0.2) is 12.0 Å². The number of aromatic nitrogens is 1. The summed E-state index contributed by atoms with van der Waals surface area (Å²) in [5.74, 6) is 1.99. The molecule has 1 aromatic carbocycles. The van der Waals surface area contributed by atoms with Gasteiger partial charge >= 0.3 is 0 Å². The Hall–Kier alpha value is -1.87. The van der Waals surface area contributed by atoms with Gasteiger partial charge in [-0.3, -0.25) is 0 Å². The molecule has 0 fully saturated rings. The highest BCUT2D eigenvalue weighted by atomic mass is 16.5. The Labute approximate surface area is 121 Å². The molecule has 0 aliphatic carbocycles. The third kappa shape index (κ3) is 3.36. The molecular weight excluding hydrogens is 248 g/mol. The van der Waals surface area contributed by atoms with Gasteiger partial charge in [0.05, 0.1) is 0 Å². The molecule has 0 spiro atoms. The first-order chi connectivity index (χ1) is 9.61. The van der Waals surface area contributed by atoms with Gasteiger partial charge in [-0.05, 0) is 43.1 Å². The van der Waals surface area contributed by atoms with Crippen LogP contribution in [-0.2, 0) is 6.54 Å². The summed E-state index contributed by atoms with van der Waals surface area (Å²) in [7, 11) is 1.93. The van der Waals surface area contributed by atoms with Crippen LogP contribution in [0.3, 0.4) is 0 Å². The SMILES string of the molecule is CNCc1cnc(Oc2ccccc2C(C)C)c(C)c1. The molecule has 0 bridgehead atoms. The van der Waals surface area contributed by atoms with Gasteiger partial charge in [0.15, 0.2) is 0 Å². The van der Waals surface area contributed by atoms with E-state index in [9.17, 15) is 0 Å². The monoisotopic (exact) mass is 270 g/mol. The van der Waals surface area contributed by atoms with Crippen molar-refractivity contribution >= 4 is 0 Å². The quantitative estimate of drug-likeness (QED) is 0.891. The molecule has 1 aromatic heterocycles. The maximum atomic E-state index is 6.00. The van der Waals surface area contributed by atoms with Crippen molar-refractivity contribution in [2.75, 3.05) is 7.05 Å². The summed E-state index contributed by atoms with van der Waals surface area (Å²) in [6.45, 7) is 7.17. The van der Waals surface area contributed by atoms with Crippen LogP contribution in [0.2, 0.25) is 0 Å². The van der Waals surface area contributed by atoms with Crippen molar-refractivity contribution in [3.8, 4) is 11.6 Å². The van der Waals surface area contributed by atoms with Crippen LogP contribution in [0.25, 0.3) is 0 Å². The van der Waals surface area contributed by atoms with Crippen molar-refractivity contribution in [1.29, 1.82) is 0 Å². The molecule has 3 heteroatoms. The number of aryl methyl sites for hydroxylation is 1. The first kappa shape index (κ1) is 14.5. The highest BCUT2D eigenvalue weighted by Crippen LogP contribution is 2.30. The van der Waals surface area contributed by atoms with Gasteiger partial charge in [0, 0.05) is 18.3 Å². The van der Waals surface area contributed by atoms with Crippen LogP contribution in [0.5, 0.6) is 11.6 Å². The van der Waals surface area contributed by atoms with Crippen LogP contribution in [0.4, 0.5) is 0 Å². The van der Waals surface area contributed by atoms with Crippen molar-refractivity contribution in [1.82, 2.24) is 10.3 Å². The second-order valence-electron chi connectivity index (χ2n) is 5.29. The summed E-state index contributed by atoms with van der Waals surface area (Å²) in [6.07, 6.45) is 1.86. The largest absolute Gasteiger partial charge is 0.438 e. The highest BCUT2D eigenvalue weighted by Gasteiger charge is 2.10. The lowest BCUT2D eigenvalue weighted by Gasteiger charge is -2.14. The summed E-state index contributed by atoms with van der Waals surface area (Å²) in [4.78, 5) is 4.43. The van der Waals surface area contributed by atoms with E-state index in [2.05, 4.69) is 36.3 Å². The van der Waals surface area contributed by atoms with E-state index < -0.39 is 0 Å². The number of para-hydroxylation sites is 1. The zero-order valence-electron chi connectivity index (χ0n) is 12.6. The van der Waals surface area contributed by atoms with E-state index in [1.165, 1.54) is 5.56 Å². The number of pyridine rings is 1. The lowest BCUT2D eigenvalue weighted by atomic mass is 10.0.